The molecule has 4 heterocycles. The van der Waals surface area contributed by atoms with Crippen LogP contribution in [0.25, 0.3) is 99.5 Å². The molecule has 5 heteroatoms. The molecule has 0 N–H and O–H groups in total. The monoisotopic (exact) mass is 1390 g/mol. The fourth-order valence-electron chi connectivity index (χ4n) is 17.0. The van der Waals surface area contributed by atoms with Crippen LogP contribution in [-0.4, -0.2) is 15.8 Å². The lowest BCUT2D eigenvalue weighted by atomic mass is 9.33. The number of nitrogens with zero attached hydrogens (tertiary/aromatic N) is 4. The minimum atomic E-state index is -0.328. The Kier molecular flexibility index (Phi) is 16.1. The smallest absolute Gasteiger partial charge is 0.252 e. The van der Waals surface area contributed by atoms with Crippen LogP contribution in [0.3, 0.4) is 0 Å². The van der Waals surface area contributed by atoms with Crippen LogP contribution in [0.5, 0.6) is 0 Å². The van der Waals surface area contributed by atoms with Crippen molar-refractivity contribution in [1.82, 2.24) is 9.13 Å². The van der Waals surface area contributed by atoms with Gasteiger partial charge in [0.25, 0.3) is 6.71 Å². The fourth-order valence-corrected chi connectivity index (χ4v) is 17.0. The van der Waals surface area contributed by atoms with E-state index in [0.717, 1.165) is 67.4 Å². The molecule has 0 saturated heterocycles. The van der Waals surface area contributed by atoms with Crippen molar-refractivity contribution in [3.63, 3.8) is 0 Å². The van der Waals surface area contributed by atoms with Crippen molar-refractivity contribution in [1.29, 1.82) is 0 Å². The first-order chi connectivity index (χ1) is 50.9. The first kappa shape index (κ1) is 69.2. The second-order valence-corrected chi connectivity index (χ2v) is 36.7. The molecule has 17 rings (SSSR count). The maximum atomic E-state index is 2.75. The predicted octanol–water partition coefficient (Wildman–Crippen LogP) is 26.4. The van der Waals surface area contributed by atoms with Crippen molar-refractivity contribution in [3.8, 4) is 55.9 Å². The van der Waals surface area contributed by atoms with Crippen molar-refractivity contribution in [2.24, 2.45) is 0 Å². The van der Waals surface area contributed by atoms with Crippen molar-refractivity contribution in [2.45, 2.75) is 157 Å². The van der Waals surface area contributed by atoms with E-state index >= 15 is 0 Å². The third-order valence-corrected chi connectivity index (χ3v) is 23.2. The molecule has 0 saturated carbocycles. The van der Waals surface area contributed by atoms with Crippen LogP contribution in [0.1, 0.15) is 158 Å². The highest BCUT2D eigenvalue weighted by atomic mass is 15.2. The molecule has 0 atom stereocenters. The number of aromatic nitrogens is 2. The van der Waals surface area contributed by atoms with Crippen LogP contribution < -0.4 is 26.2 Å². The summed E-state index contributed by atoms with van der Waals surface area (Å²) in [6.45, 7) is 42.3. The van der Waals surface area contributed by atoms with Gasteiger partial charge in [0.15, 0.2) is 0 Å². The Morgan fingerprint density at radius 3 is 1.17 bits per heavy atom. The lowest BCUT2D eigenvalue weighted by Gasteiger charge is -2.46. The summed E-state index contributed by atoms with van der Waals surface area (Å²) in [6, 6.07) is 106. The summed E-state index contributed by atoms with van der Waals surface area (Å²) in [7, 11) is 0. The molecule has 0 bridgehead atoms. The van der Waals surface area contributed by atoms with Gasteiger partial charge in [0, 0.05) is 66.8 Å². The summed E-state index contributed by atoms with van der Waals surface area (Å²) < 4.78 is 5.08. The van der Waals surface area contributed by atoms with Crippen LogP contribution in [0, 0.1) is 0 Å². The number of para-hydroxylation sites is 2. The molecular formula is C102H99BN4. The van der Waals surface area contributed by atoms with E-state index in [9.17, 15) is 0 Å². The van der Waals surface area contributed by atoms with Crippen LogP contribution in [0.15, 0.2) is 273 Å². The predicted molar refractivity (Wildman–Crippen MR) is 463 cm³/mol. The van der Waals surface area contributed by atoms with Gasteiger partial charge in [0.05, 0.1) is 33.4 Å². The van der Waals surface area contributed by atoms with E-state index < -0.39 is 0 Å². The van der Waals surface area contributed by atoms with E-state index in [1.54, 1.807) is 0 Å². The van der Waals surface area contributed by atoms with Crippen molar-refractivity contribution >= 4 is 101 Å². The van der Waals surface area contributed by atoms with Gasteiger partial charge in [0.1, 0.15) is 0 Å². The molecule has 0 amide bonds. The van der Waals surface area contributed by atoms with Gasteiger partial charge in [-0.05, 0) is 213 Å². The molecule has 2 aliphatic heterocycles. The van der Waals surface area contributed by atoms with E-state index in [-0.39, 0.29) is 39.2 Å². The highest BCUT2D eigenvalue weighted by Gasteiger charge is 2.46. The molecule has 2 aliphatic rings. The normalized spacial score (nSPS) is 13.5. The molecule has 0 radical (unpaired) electrons. The highest BCUT2D eigenvalue weighted by Crippen LogP contribution is 2.55. The fraction of sp³-hybridized carbons (Fsp3) is 0.235. The molecule has 107 heavy (non-hydrogen) atoms. The van der Waals surface area contributed by atoms with E-state index in [2.05, 4.69) is 417 Å². The SMILES string of the molecule is CC(C)(C)c1cc(-c2ccc3c(c2)N(c2cc(-c4ccccc4)cc4c2c2ccccc2n4-c2ccccc2)c2cc(C(C)(C)C)cc4c2B3c2ccc(-n3c5ccc(C(C)(C)C)cc5c5cc(C(C)(C)C)ccc53)cc2N4c2c(-c3ccccc3)cc(C(C)(C)C)cc2-c2ccccc2)cc(C(C)(C)C)c1. The Labute approximate surface area is 635 Å². The molecule has 0 fully saturated rings. The molecule has 13 aromatic carbocycles. The standard InChI is InChI=1S/C102H99BN4/c1-97(2,3)70-44-49-86-81(57-70)82-58-71(98(4,5)6)45-50-87(82)105(86)77-46-48-84-89(63-77)107(96-79(65-35-25-20-26-36-65)59-74(101(13,14)15)60-80(96)66-37-27-21-28-38-66)93-62-75(102(16,17)18)61-92-95(93)103(84)83-47-43-67(68-51-72(99(7,8)9)56-73(52-68)100(10,11)12)53-88(83)106(92)91-55-69(64-33-23-19-24-34-64)54-90-94(91)78-41-31-32-42-85(78)104(90)76-39-29-22-30-40-76/h19-63H,1-18H3. The number of rotatable bonds is 8. The van der Waals surface area contributed by atoms with E-state index in [0.29, 0.717) is 0 Å². The quantitative estimate of drug-likeness (QED) is 0.141. The van der Waals surface area contributed by atoms with Gasteiger partial charge in [-0.15, -0.1) is 0 Å². The van der Waals surface area contributed by atoms with Crippen LogP contribution in [-0.2, 0) is 32.5 Å². The van der Waals surface area contributed by atoms with Gasteiger partial charge < -0.3 is 18.9 Å². The molecule has 530 valence electrons. The van der Waals surface area contributed by atoms with Crippen molar-refractivity contribution in [3.05, 3.63) is 306 Å². The average Bonchev–Trinajstić information content (AvgIpc) is 1.64. The van der Waals surface area contributed by atoms with Crippen LogP contribution >= 0.6 is 0 Å². The number of benzene rings is 13. The Bertz CT molecular complexity index is 5880. The Morgan fingerprint density at radius 1 is 0.234 bits per heavy atom. The van der Waals surface area contributed by atoms with Crippen LogP contribution in [0.2, 0.25) is 0 Å². The molecule has 0 spiro atoms. The zero-order chi connectivity index (χ0) is 74.8. The van der Waals surface area contributed by atoms with Gasteiger partial charge in [-0.25, -0.2) is 0 Å². The summed E-state index contributed by atoms with van der Waals surface area (Å²) in [4.78, 5) is 5.50. The third-order valence-electron chi connectivity index (χ3n) is 23.2. The van der Waals surface area contributed by atoms with Gasteiger partial charge in [-0.3, -0.25) is 0 Å². The molecule has 4 nitrogen and oxygen atoms in total. The zero-order valence-corrected chi connectivity index (χ0v) is 65.8. The Hall–Kier alpha value is -10.9. The van der Waals surface area contributed by atoms with Gasteiger partial charge in [0.2, 0.25) is 0 Å². The Balaban J connectivity index is 1.06. The number of hydrogen-bond acceptors (Lipinski definition) is 2. The zero-order valence-electron chi connectivity index (χ0n) is 65.8. The van der Waals surface area contributed by atoms with E-state index in [1.807, 2.05) is 0 Å². The second-order valence-electron chi connectivity index (χ2n) is 36.7. The van der Waals surface area contributed by atoms with Crippen LogP contribution in [0.4, 0.5) is 34.1 Å². The molecule has 0 unspecified atom stereocenters. The first-order valence-corrected chi connectivity index (χ1v) is 38.7. The topological polar surface area (TPSA) is 16.3 Å². The van der Waals surface area contributed by atoms with Gasteiger partial charge >= 0.3 is 0 Å². The second kappa shape index (κ2) is 24.9. The van der Waals surface area contributed by atoms with Gasteiger partial charge in [-0.2, -0.15) is 0 Å². The molecule has 2 aromatic heterocycles. The van der Waals surface area contributed by atoms with Crippen molar-refractivity contribution in [2.75, 3.05) is 9.80 Å². The summed E-state index contributed by atoms with van der Waals surface area (Å²) in [5, 5.41) is 4.93. The Morgan fingerprint density at radius 2 is 0.645 bits per heavy atom. The maximum Gasteiger partial charge on any atom is 0.252 e. The van der Waals surface area contributed by atoms with Crippen molar-refractivity contribution < 1.29 is 0 Å². The number of hydrogen-bond donors (Lipinski definition) is 0. The molecule has 15 aromatic rings. The summed E-state index contributed by atoms with van der Waals surface area (Å²) in [5.74, 6) is 0. The minimum absolute atomic E-state index is 0.0552. The lowest BCUT2D eigenvalue weighted by Crippen LogP contribution is -2.61. The largest absolute Gasteiger partial charge is 0.311 e. The molecule has 0 aliphatic carbocycles. The van der Waals surface area contributed by atoms with E-state index in [4.69, 9.17) is 0 Å². The van der Waals surface area contributed by atoms with Gasteiger partial charge in [-0.1, -0.05) is 301 Å². The highest BCUT2D eigenvalue weighted by molar-refractivity contribution is 7.00. The third kappa shape index (κ3) is 11.8. The number of anilines is 6. The molecular weight excluding hydrogens is 1290 g/mol. The summed E-state index contributed by atoms with van der Waals surface area (Å²) in [5.41, 5.74) is 34.0. The summed E-state index contributed by atoms with van der Waals surface area (Å²) >= 11 is 0. The number of fused-ring (bicyclic) bond motifs is 10. The summed E-state index contributed by atoms with van der Waals surface area (Å²) in [6.07, 6.45) is 0. The van der Waals surface area contributed by atoms with E-state index in [1.165, 1.54) is 116 Å². The maximum absolute atomic E-state index is 2.75. The minimum Gasteiger partial charge on any atom is -0.311 e. The lowest BCUT2D eigenvalue weighted by molar-refractivity contribution is 0.569. The first-order valence-electron chi connectivity index (χ1n) is 38.7. The average molecular weight is 1390 g/mol.